The van der Waals surface area contributed by atoms with E-state index in [1.807, 2.05) is 25.2 Å². The molecule has 1 heterocycles. The van der Waals surface area contributed by atoms with E-state index < -0.39 is 0 Å². The van der Waals surface area contributed by atoms with Crippen LogP contribution in [-0.4, -0.2) is 18.8 Å². The molecule has 1 atom stereocenters. The quantitative estimate of drug-likeness (QED) is 0.811. The summed E-state index contributed by atoms with van der Waals surface area (Å²) in [6.45, 7) is 0. The highest BCUT2D eigenvalue weighted by Crippen LogP contribution is 2.22. The lowest BCUT2D eigenvalue weighted by Gasteiger charge is -2.14. The zero-order valence-electron chi connectivity index (χ0n) is 10.2. The molecule has 2 aromatic rings. The maximum Gasteiger partial charge on any atom is 0.136 e. The molecule has 96 valence electrons. The average Bonchev–Trinajstić information content (AvgIpc) is 2.89. The predicted octanol–water partition coefficient (Wildman–Crippen LogP) is 3.34. The Morgan fingerprint density at radius 1 is 1.28 bits per heavy atom. The van der Waals surface area contributed by atoms with Crippen LogP contribution in [0.25, 0.3) is 0 Å². The Morgan fingerprint density at radius 3 is 2.78 bits per heavy atom. The molecule has 0 aliphatic heterocycles. The zero-order chi connectivity index (χ0) is 12.8. The number of hydrogen-bond acceptors (Lipinski definition) is 3. The molecule has 2 rings (SSSR count). The van der Waals surface area contributed by atoms with Crippen LogP contribution < -0.4 is 5.32 Å². The van der Waals surface area contributed by atoms with Gasteiger partial charge in [0.15, 0.2) is 0 Å². The maximum absolute atomic E-state index is 13.5. The number of hydrogen-bond donors (Lipinski definition) is 1. The summed E-state index contributed by atoms with van der Waals surface area (Å²) < 4.78 is 18.8. The van der Waals surface area contributed by atoms with Crippen molar-refractivity contribution in [2.75, 3.05) is 12.8 Å². The highest BCUT2D eigenvalue weighted by atomic mass is 32.2. The molecule has 0 spiro atoms. The topological polar surface area (TPSA) is 25.2 Å². The number of rotatable bonds is 6. The molecule has 1 N–H and O–H groups in total. The van der Waals surface area contributed by atoms with E-state index >= 15 is 0 Å². The van der Waals surface area contributed by atoms with Crippen molar-refractivity contribution in [1.82, 2.24) is 5.32 Å². The van der Waals surface area contributed by atoms with Crippen LogP contribution >= 0.6 is 11.8 Å². The van der Waals surface area contributed by atoms with Gasteiger partial charge in [0.25, 0.3) is 0 Å². The molecular formula is C14H16FNOS. The molecule has 0 aliphatic rings. The molecule has 4 heteroatoms. The lowest BCUT2D eigenvalue weighted by molar-refractivity contribution is 0.474. The fourth-order valence-corrected chi connectivity index (χ4v) is 2.71. The summed E-state index contributed by atoms with van der Waals surface area (Å²) in [5.41, 5.74) is 0. The first-order valence-electron chi connectivity index (χ1n) is 5.86. The molecule has 1 unspecified atom stereocenters. The second-order valence-corrected chi connectivity index (χ2v) is 5.07. The van der Waals surface area contributed by atoms with E-state index in [9.17, 15) is 4.39 Å². The molecule has 1 aromatic carbocycles. The molecule has 1 aromatic heterocycles. The fourth-order valence-electron chi connectivity index (χ4n) is 1.67. The number of thioether (sulfide) groups is 1. The number of benzene rings is 1. The van der Waals surface area contributed by atoms with Gasteiger partial charge in [-0.3, -0.25) is 0 Å². The van der Waals surface area contributed by atoms with Crippen LogP contribution in [0, 0.1) is 5.82 Å². The summed E-state index contributed by atoms with van der Waals surface area (Å²) in [6.07, 6.45) is 2.48. The summed E-state index contributed by atoms with van der Waals surface area (Å²) in [7, 11) is 1.91. The van der Waals surface area contributed by atoms with E-state index in [-0.39, 0.29) is 11.9 Å². The molecule has 0 amide bonds. The van der Waals surface area contributed by atoms with Crippen molar-refractivity contribution in [3.8, 4) is 0 Å². The van der Waals surface area contributed by atoms with E-state index in [4.69, 9.17) is 4.42 Å². The minimum atomic E-state index is -0.157. The summed E-state index contributed by atoms with van der Waals surface area (Å²) in [4.78, 5) is 0.692. The maximum atomic E-state index is 13.5. The Kier molecular flexibility index (Phi) is 4.84. The van der Waals surface area contributed by atoms with Crippen molar-refractivity contribution in [3.05, 3.63) is 54.2 Å². The van der Waals surface area contributed by atoms with E-state index in [1.54, 1.807) is 18.4 Å². The SMILES string of the molecule is CNC(CSc1ccccc1F)Cc1ccco1. The van der Waals surface area contributed by atoms with Gasteiger partial charge >= 0.3 is 0 Å². The number of nitrogens with one attached hydrogen (secondary N) is 1. The normalized spacial score (nSPS) is 12.6. The van der Waals surface area contributed by atoms with Gasteiger partial charge in [-0.2, -0.15) is 0 Å². The minimum Gasteiger partial charge on any atom is -0.469 e. The summed E-state index contributed by atoms with van der Waals surface area (Å²) in [6, 6.07) is 11.0. The van der Waals surface area contributed by atoms with Crippen LogP contribution in [-0.2, 0) is 6.42 Å². The monoisotopic (exact) mass is 265 g/mol. The second-order valence-electron chi connectivity index (χ2n) is 4.01. The number of furan rings is 1. The largest absolute Gasteiger partial charge is 0.469 e. The first-order valence-corrected chi connectivity index (χ1v) is 6.85. The summed E-state index contributed by atoms with van der Waals surface area (Å²) in [5.74, 6) is 1.59. The van der Waals surface area contributed by atoms with Crippen LogP contribution in [0.3, 0.4) is 0 Å². The summed E-state index contributed by atoms with van der Waals surface area (Å²) >= 11 is 1.52. The van der Waals surface area contributed by atoms with Gasteiger partial charge in [-0.1, -0.05) is 12.1 Å². The van der Waals surface area contributed by atoms with E-state index in [0.717, 1.165) is 17.9 Å². The van der Waals surface area contributed by atoms with E-state index in [2.05, 4.69) is 5.32 Å². The Hall–Kier alpha value is -1.26. The van der Waals surface area contributed by atoms with Crippen molar-refractivity contribution in [1.29, 1.82) is 0 Å². The Morgan fingerprint density at radius 2 is 2.11 bits per heavy atom. The standard InChI is InChI=1S/C14H16FNOS/c1-16-11(9-12-5-4-8-17-12)10-18-14-7-3-2-6-13(14)15/h2-8,11,16H,9-10H2,1H3. The predicted molar refractivity (Wildman–Crippen MR) is 72.4 cm³/mol. The van der Waals surface area contributed by atoms with Crippen molar-refractivity contribution in [2.24, 2.45) is 0 Å². The lowest BCUT2D eigenvalue weighted by Crippen LogP contribution is -2.29. The molecule has 18 heavy (non-hydrogen) atoms. The minimum absolute atomic E-state index is 0.157. The Labute approximate surface area is 111 Å². The molecule has 0 aliphatic carbocycles. The number of halogens is 1. The molecule has 0 bridgehead atoms. The van der Waals surface area contributed by atoms with Crippen molar-refractivity contribution >= 4 is 11.8 Å². The lowest BCUT2D eigenvalue weighted by atomic mass is 10.2. The highest BCUT2D eigenvalue weighted by molar-refractivity contribution is 7.99. The van der Waals surface area contributed by atoms with E-state index in [1.165, 1.54) is 17.8 Å². The average molecular weight is 265 g/mol. The summed E-state index contributed by atoms with van der Waals surface area (Å²) in [5, 5.41) is 3.23. The van der Waals surface area contributed by atoms with Gasteiger partial charge in [0.2, 0.25) is 0 Å². The number of likely N-dealkylation sites (N-methyl/N-ethyl adjacent to an activating group) is 1. The third-order valence-corrected chi connectivity index (χ3v) is 3.92. The van der Waals surface area contributed by atoms with Crippen LogP contribution in [0.5, 0.6) is 0 Å². The van der Waals surface area contributed by atoms with Gasteiger partial charge in [-0.15, -0.1) is 11.8 Å². The third-order valence-electron chi connectivity index (χ3n) is 2.71. The first kappa shape index (κ1) is 13.2. The van der Waals surface area contributed by atoms with Gasteiger partial charge in [0.1, 0.15) is 11.6 Å². The van der Waals surface area contributed by atoms with Gasteiger partial charge in [-0.25, -0.2) is 4.39 Å². The van der Waals surface area contributed by atoms with Crippen LogP contribution in [0.15, 0.2) is 52.0 Å². The Balaban J connectivity index is 1.89. The molecule has 0 saturated heterocycles. The van der Waals surface area contributed by atoms with Crippen molar-refractivity contribution in [2.45, 2.75) is 17.4 Å². The molecular weight excluding hydrogens is 249 g/mol. The van der Waals surface area contributed by atoms with Crippen LogP contribution in [0.1, 0.15) is 5.76 Å². The zero-order valence-corrected chi connectivity index (χ0v) is 11.0. The highest BCUT2D eigenvalue weighted by Gasteiger charge is 2.11. The first-order chi connectivity index (χ1) is 8.79. The van der Waals surface area contributed by atoms with Crippen LogP contribution in [0.2, 0.25) is 0 Å². The third kappa shape index (κ3) is 3.62. The second kappa shape index (κ2) is 6.61. The van der Waals surface area contributed by atoms with Gasteiger partial charge in [0.05, 0.1) is 6.26 Å². The molecule has 2 nitrogen and oxygen atoms in total. The Bertz CT molecular complexity index is 472. The van der Waals surface area contributed by atoms with Crippen molar-refractivity contribution in [3.63, 3.8) is 0 Å². The van der Waals surface area contributed by atoms with Gasteiger partial charge < -0.3 is 9.73 Å². The van der Waals surface area contributed by atoms with E-state index in [0.29, 0.717) is 4.90 Å². The smallest absolute Gasteiger partial charge is 0.136 e. The molecule has 0 radical (unpaired) electrons. The fraction of sp³-hybridized carbons (Fsp3) is 0.286. The molecule has 0 saturated carbocycles. The van der Waals surface area contributed by atoms with Gasteiger partial charge in [-0.05, 0) is 31.3 Å². The van der Waals surface area contributed by atoms with Crippen LogP contribution in [0.4, 0.5) is 4.39 Å². The molecule has 0 fully saturated rings. The van der Waals surface area contributed by atoms with Gasteiger partial charge in [0, 0.05) is 23.1 Å². The van der Waals surface area contributed by atoms with Crippen molar-refractivity contribution < 1.29 is 8.81 Å².